The highest BCUT2D eigenvalue weighted by atomic mass is 16.2. The van der Waals surface area contributed by atoms with Crippen molar-refractivity contribution in [2.45, 2.75) is 44.1 Å². The molecule has 4 rings (SSSR count). The van der Waals surface area contributed by atoms with E-state index < -0.39 is 0 Å². The van der Waals surface area contributed by atoms with Crippen LogP contribution in [0.2, 0.25) is 0 Å². The molecule has 2 N–H and O–H groups in total. The summed E-state index contributed by atoms with van der Waals surface area (Å²) in [6.45, 7) is 1.31. The molecular weight excluding hydrogens is 342 g/mol. The first-order valence-corrected chi connectivity index (χ1v) is 10.00. The summed E-state index contributed by atoms with van der Waals surface area (Å²) in [5, 5.41) is 0. The van der Waals surface area contributed by atoms with Crippen molar-refractivity contribution in [2.75, 3.05) is 19.6 Å². The number of likely N-dealkylation sites (tertiary alicyclic amines) is 2. The molecule has 2 aliphatic heterocycles. The monoisotopic (exact) mass is 369 g/mol. The largest absolute Gasteiger partial charge is 0.340 e. The smallest absolute Gasteiger partial charge is 0.233 e. The van der Waals surface area contributed by atoms with Gasteiger partial charge in [-0.25, -0.2) is 0 Å². The lowest BCUT2D eigenvalue weighted by Crippen LogP contribution is -2.37. The number of imide groups is 1. The molecule has 3 amide bonds. The van der Waals surface area contributed by atoms with E-state index in [1.807, 2.05) is 30.3 Å². The summed E-state index contributed by atoms with van der Waals surface area (Å²) in [7, 11) is 0. The Hall–Kier alpha value is -2.21. The minimum absolute atomic E-state index is 0.0284. The molecule has 1 aromatic rings. The summed E-state index contributed by atoms with van der Waals surface area (Å²) in [6, 6.07) is 9.93. The van der Waals surface area contributed by atoms with Gasteiger partial charge in [-0.15, -0.1) is 0 Å². The quantitative estimate of drug-likeness (QED) is 0.816. The Labute approximate surface area is 159 Å². The number of hydrogen-bond acceptors (Lipinski definition) is 4. The summed E-state index contributed by atoms with van der Waals surface area (Å²) < 4.78 is 0. The van der Waals surface area contributed by atoms with Crippen LogP contribution in [0.15, 0.2) is 30.3 Å². The number of benzene rings is 1. The maximum Gasteiger partial charge on any atom is 0.233 e. The van der Waals surface area contributed by atoms with Crippen molar-refractivity contribution in [3.05, 3.63) is 35.9 Å². The highest BCUT2D eigenvalue weighted by molar-refractivity contribution is 6.05. The minimum Gasteiger partial charge on any atom is -0.340 e. The number of fused-ring (bicyclic) bond motifs is 1. The third-order valence-electron chi connectivity index (χ3n) is 6.43. The number of rotatable bonds is 4. The molecule has 0 spiro atoms. The van der Waals surface area contributed by atoms with Gasteiger partial charge in [0, 0.05) is 38.0 Å². The third kappa shape index (κ3) is 3.38. The Balaban J connectivity index is 1.35. The number of nitrogens with two attached hydrogens (primary N) is 1. The molecule has 3 aliphatic rings. The van der Waals surface area contributed by atoms with Crippen molar-refractivity contribution in [1.82, 2.24) is 9.80 Å². The summed E-state index contributed by atoms with van der Waals surface area (Å²) in [5.74, 6) is -0.337. The van der Waals surface area contributed by atoms with Crippen LogP contribution in [0.1, 0.15) is 43.6 Å². The molecule has 27 heavy (non-hydrogen) atoms. The first-order valence-electron chi connectivity index (χ1n) is 10.00. The average Bonchev–Trinajstić information content (AvgIpc) is 3.20. The molecule has 6 nitrogen and oxygen atoms in total. The van der Waals surface area contributed by atoms with Gasteiger partial charge in [0.2, 0.25) is 17.7 Å². The van der Waals surface area contributed by atoms with Crippen molar-refractivity contribution in [1.29, 1.82) is 0 Å². The first-order chi connectivity index (χ1) is 13.1. The molecule has 0 radical (unpaired) electrons. The van der Waals surface area contributed by atoms with E-state index in [1.165, 1.54) is 4.90 Å². The molecule has 2 heterocycles. The Morgan fingerprint density at radius 3 is 2.22 bits per heavy atom. The number of amides is 3. The topological polar surface area (TPSA) is 83.7 Å². The lowest BCUT2D eigenvalue weighted by molar-refractivity contribution is -0.140. The van der Waals surface area contributed by atoms with Gasteiger partial charge in [0.15, 0.2) is 0 Å². The number of carbonyl (C=O) groups is 3. The van der Waals surface area contributed by atoms with Gasteiger partial charge in [-0.1, -0.05) is 43.2 Å². The molecule has 1 aromatic carbocycles. The van der Waals surface area contributed by atoms with E-state index in [0.717, 1.165) is 31.2 Å². The zero-order valence-corrected chi connectivity index (χ0v) is 15.5. The molecule has 2 unspecified atom stereocenters. The average molecular weight is 369 g/mol. The zero-order valence-electron chi connectivity index (χ0n) is 15.5. The van der Waals surface area contributed by atoms with Gasteiger partial charge >= 0.3 is 0 Å². The highest BCUT2D eigenvalue weighted by Crippen LogP contribution is 2.38. The summed E-state index contributed by atoms with van der Waals surface area (Å²) in [4.78, 5) is 40.9. The summed E-state index contributed by atoms with van der Waals surface area (Å²) in [6.07, 6.45) is 3.82. The van der Waals surface area contributed by atoms with Crippen LogP contribution in [0.4, 0.5) is 0 Å². The fourth-order valence-electron chi connectivity index (χ4n) is 4.90. The molecule has 1 saturated carbocycles. The predicted octanol–water partition coefficient (Wildman–Crippen LogP) is 1.50. The maximum atomic E-state index is 12.7. The molecule has 4 atom stereocenters. The van der Waals surface area contributed by atoms with Crippen molar-refractivity contribution >= 4 is 17.7 Å². The SMILES string of the molecule is N[C@@H]1CN(C(=O)CCN2C(=O)C3CCCCC3C2=O)C[C@H]1c1ccccc1. The van der Waals surface area contributed by atoms with Gasteiger partial charge in [0.25, 0.3) is 0 Å². The third-order valence-corrected chi connectivity index (χ3v) is 6.43. The van der Waals surface area contributed by atoms with Crippen LogP contribution in [0, 0.1) is 11.8 Å². The van der Waals surface area contributed by atoms with Gasteiger partial charge in [-0.3, -0.25) is 19.3 Å². The molecular formula is C21H27N3O3. The summed E-state index contributed by atoms with van der Waals surface area (Å²) >= 11 is 0. The van der Waals surface area contributed by atoms with Gasteiger partial charge in [0.1, 0.15) is 0 Å². The molecule has 1 aliphatic carbocycles. The van der Waals surface area contributed by atoms with E-state index in [4.69, 9.17) is 5.73 Å². The van der Waals surface area contributed by atoms with Gasteiger partial charge in [-0.05, 0) is 18.4 Å². The molecule has 3 fully saturated rings. The van der Waals surface area contributed by atoms with Crippen molar-refractivity contribution in [3.8, 4) is 0 Å². The molecule has 2 saturated heterocycles. The van der Waals surface area contributed by atoms with Crippen LogP contribution in [-0.2, 0) is 14.4 Å². The predicted molar refractivity (Wildman–Crippen MR) is 101 cm³/mol. The second-order valence-electron chi connectivity index (χ2n) is 8.06. The highest BCUT2D eigenvalue weighted by Gasteiger charge is 2.48. The van der Waals surface area contributed by atoms with E-state index in [9.17, 15) is 14.4 Å². The van der Waals surface area contributed by atoms with Crippen molar-refractivity contribution < 1.29 is 14.4 Å². The van der Waals surface area contributed by atoms with Crippen LogP contribution >= 0.6 is 0 Å². The molecule has 0 aromatic heterocycles. The Bertz CT molecular complexity index is 711. The maximum absolute atomic E-state index is 12.7. The van der Waals surface area contributed by atoms with Gasteiger partial charge in [-0.2, -0.15) is 0 Å². The van der Waals surface area contributed by atoms with E-state index in [2.05, 4.69) is 0 Å². The fourth-order valence-corrected chi connectivity index (χ4v) is 4.90. The van der Waals surface area contributed by atoms with Crippen molar-refractivity contribution in [3.63, 3.8) is 0 Å². The van der Waals surface area contributed by atoms with Crippen LogP contribution in [0.25, 0.3) is 0 Å². The van der Waals surface area contributed by atoms with Crippen molar-refractivity contribution in [2.24, 2.45) is 17.6 Å². The fraction of sp³-hybridized carbons (Fsp3) is 0.571. The van der Waals surface area contributed by atoms with Crippen LogP contribution in [0.5, 0.6) is 0 Å². The van der Waals surface area contributed by atoms with E-state index >= 15 is 0 Å². The number of hydrogen-bond donors (Lipinski definition) is 1. The van der Waals surface area contributed by atoms with Crippen LogP contribution in [-0.4, -0.2) is 53.2 Å². The van der Waals surface area contributed by atoms with E-state index in [-0.39, 0.29) is 54.5 Å². The standard InChI is InChI=1S/C21H27N3O3/c22-18-13-23(12-17(18)14-6-2-1-3-7-14)19(25)10-11-24-20(26)15-8-4-5-9-16(15)21(24)27/h1-3,6-7,15-18H,4-5,8-13,22H2/t15?,16?,17-,18+/m0/s1. The van der Waals surface area contributed by atoms with E-state index in [1.54, 1.807) is 4.90 Å². The first kappa shape index (κ1) is 18.2. The van der Waals surface area contributed by atoms with Crippen LogP contribution < -0.4 is 5.73 Å². The van der Waals surface area contributed by atoms with E-state index in [0.29, 0.717) is 13.1 Å². The second kappa shape index (κ2) is 7.43. The lowest BCUT2D eigenvalue weighted by Gasteiger charge is -2.19. The summed E-state index contributed by atoms with van der Waals surface area (Å²) in [5.41, 5.74) is 7.42. The zero-order chi connectivity index (χ0) is 19.0. The van der Waals surface area contributed by atoms with Crippen LogP contribution in [0.3, 0.4) is 0 Å². The minimum atomic E-state index is -0.149. The number of carbonyl (C=O) groups excluding carboxylic acids is 3. The lowest BCUT2D eigenvalue weighted by atomic mass is 9.81. The number of nitrogens with zero attached hydrogens (tertiary/aromatic N) is 2. The van der Waals surface area contributed by atoms with Gasteiger partial charge < -0.3 is 10.6 Å². The molecule has 144 valence electrons. The molecule has 0 bridgehead atoms. The second-order valence-corrected chi connectivity index (χ2v) is 8.06. The van der Waals surface area contributed by atoms with Gasteiger partial charge in [0.05, 0.1) is 11.8 Å². The normalized spacial score (nSPS) is 30.7. The Kier molecular flexibility index (Phi) is 5.00. The Morgan fingerprint density at radius 1 is 0.963 bits per heavy atom. The Morgan fingerprint density at radius 2 is 1.59 bits per heavy atom. The molecule has 6 heteroatoms.